The lowest BCUT2D eigenvalue weighted by atomic mass is 10.1. The van der Waals surface area contributed by atoms with Crippen molar-refractivity contribution in [3.05, 3.63) is 52.2 Å². The molecule has 1 aromatic carbocycles. The number of halogens is 4. The molecule has 0 aliphatic heterocycles. The number of thiazole rings is 1. The van der Waals surface area contributed by atoms with Crippen molar-refractivity contribution in [1.29, 1.82) is 5.26 Å². The molecule has 0 bridgehead atoms. The van der Waals surface area contributed by atoms with Crippen molar-refractivity contribution in [1.82, 2.24) is 19.7 Å². The molecular weight excluding hydrogens is 370 g/mol. The molecule has 0 aliphatic carbocycles. The number of benzene rings is 1. The lowest BCUT2D eigenvalue weighted by Crippen LogP contribution is -2.06. The molecule has 0 aliphatic rings. The summed E-state index contributed by atoms with van der Waals surface area (Å²) < 4.78 is 53.0. The van der Waals surface area contributed by atoms with Crippen LogP contribution in [-0.2, 0) is 12.9 Å². The Balaban J connectivity index is 1.99. The van der Waals surface area contributed by atoms with E-state index >= 15 is 0 Å². The molecule has 0 fully saturated rings. The number of nitriles is 1. The molecule has 2 heterocycles. The molecule has 0 spiro atoms. The van der Waals surface area contributed by atoms with Crippen LogP contribution in [0, 0.1) is 11.3 Å². The fourth-order valence-corrected chi connectivity index (χ4v) is 2.75. The molecule has 0 amide bonds. The Hall–Kier alpha value is -3.06. The van der Waals surface area contributed by atoms with E-state index in [-0.39, 0.29) is 22.5 Å². The smallest absolute Gasteiger partial charge is 0.246 e. The van der Waals surface area contributed by atoms with Crippen LogP contribution in [0.1, 0.15) is 16.1 Å². The van der Waals surface area contributed by atoms with Crippen LogP contribution in [0.25, 0.3) is 23.2 Å². The standard InChI is InChI=1S/C16H9F4N5S/c17-6-10-3-11(5-13(4-10)16(18,19)20)14-23-9-25(24-14)8-12(7-21)15-22-1-2-26-15/h1-5,8-9H,6H2. The Bertz CT molecular complexity index is 983. The second kappa shape index (κ2) is 7.05. The monoisotopic (exact) mass is 379 g/mol. The minimum Gasteiger partial charge on any atom is -0.246 e. The van der Waals surface area contributed by atoms with Crippen LogP contribution in [0.15, 0.2) is 36.1 Å². The third-order valence-corrected chi connectivity index (χ3v) is 4.09. The normalized spacial score (nSPS) is 12.2. The van der Waals surface area contributed by atoms with E-state index in [9.17, 15) is 22.8 Å². The van der Waals surface area contributed by atoms with Crippen LogP contribution in [-0.4, -0.2) is 19.7 Å². The van der Waals surface area contributed by atoms with Gasteiger partial charge in [0.2, 0.25) is 0 Å². The average molecular weight is 379 g/mol. The second-order valence-corrected chi connectivity index (χ2v) is 5.98. The summed E-state index contributed by atoms with van der Waals surface area (Å²) in [5.41, 5.74) is -0.838. The molecule has 132 valence electrons. The fourth-order valence-electron chi connectivity index (χ4n) is 2.15. The van der Waals surface area contributed by atoms with Crippen molar-refractivity contribution in [3.63, 3.8) is 0 Å². The maximum absolute atomic E-state index is 13.0. The minimum absolute atomic E-state index is 0.0153. The van der Waals surface area contributed by atoms with Gasteiger partial charge in [-0.1, -0.05) is 0 Å². The predicted octanol–water partition coefficient (Wildman–Crippen LogP) is 4.41. The number of alkyl halides is 4. The van der Waals surface area contributed by atoms with Gasteiger partial charge in [-0.25, -0.2) is 19.0 Å². The van der Waals surface area contributed by atoms with Gasteiger partial charge in [-0.05, 0) is 23.8 Å². The van der Waals surface area contributed by atoms with E-state index in [2.05, 4.69) is 15.1 Å². The van der Waals surface area contributed by atoms with E-state index in [1.165, 1.54) is 34.6 Å². The maximum atomic E-state index is 13.0. The first-order chi connectivity index (χ1) is 12.4. The SMILES string of the molecule is N#CC(=Cn1cnc(-c2cc(CF)cc(C(F)(F)F)c2)n1)c1nccs1. The van der Waals surface area contributed by atoms with Gasteiger partial charge in [-0.15, -0.1) is 16.4 Å². The van der Waals surface area contributed by atoms with Crippen LogP contribution in [0.2, 0.25) is 0 Å². The highest BCUT2D eigenvalue weighted by molar-refractivity contribution is 7.10. The lowest BCUT2D eigenvalue weighted by molar-refractivity contribution is -0.137. The number of nitrogens with zero attached hydrogens (tertiary/aromatic N) is 5. The van der Waals surface area contributed by atoms with Gasteiger partial charge in [0.15, 0.2) is 5.82 Å². The third kappa shape index (κ3) is 3.78. The number of hydrogen-bond donors (Lipinski definition) is 0. The molecule has 0 atom stereocenters. The highest BCUT2D eigenvalue weighted by Crippen LogP contribution is 2.33. The summed E-state index contributed by atoms with van der Waals surface area (Å²) in [6.07, 6.45) is -0.463. The molecule has 0 N–H and O–H groups in total. The molecule has 26 heavy (non-hydrogen) atoms. The molecule has 10 heteroatoms. The maximum Gasteiger partial charge on any atom is 0.416 e. The molecule has 0 saturated heterocycles. The zero-order chi connectivity index (χ0) is 18.7. The first kappa shape index (κ1) is 17.8. The number of rotatable bonds is 4. The van der Waals surface area contributed by atoms with Crippen LogP contribution in [0.5, 0.6) is 0 Å². The number of aromatic nitrogens is 4. The molecule has 3 rings (SSSR count). The van der Waals surface area contributed by atoms with Gasteiger partial charge in [0.1, 0.15) is 29.7 Å². The first-order valence-electron chi connectivity index (χ1n) is 7.11. The van der Waals surface area contributed by atoms with Crippen molar-refractivity contribution in [2.45, 2.75) is 12.9 Å². The van der Waals surface area contributed by atoms with Gasteiger partial charge in [0.05, 0.1) is 11.8 Å². The Kier molecular flexibility index (Phi) is 4.81. The molecule has 5 nitrogen and oxygen atoms in total. The van der Waals surface area contributed by atoms with E-state index in [0.29, 0.717) is 5.01 Å². The molecule has 0 unspecified atom stereocenters. The molecule has 2 aromatic heterocycles. The highest BCUT2D eigenvalue weighted by Gasteiger charge is 2.31. The van der Waals surface area contributed by atoms with E-state index in [1.54, 1.807) is 11.6 Å². The summed E-state index contributed by atoms with van der Waals surface area (Å²) in [7, 11) is 0. The first-order valence-corrected chi connectivity index (χ1v) is 7.99. The van der Waals surface area contributed by atoms with Crippen LogP contribution >= 0.6 is 11.3 Å². The summed E-state index contributed by atoms with van der Waals surface area (Å²) >= 11 is 1.26. The van der Waals surface area contributed by atoms with Crippen molar-refractivity contribution in [2.75, 3.05) is 0 Å². The van der Waals surface area contributed by atoms with Crippen LogP contribution in [0.3, 0.4) is 0 Å². The lowest BCUT2D eigenvalue weighted by Gasteiger charge is -2.09. The Morgan fingerprint density at radius 1 is 1.27 bits per heavy atom. The van der Waals surface area contributed by atoms with Gasteiger partial charge >= 0.3 is 6.18 Å². The van der Waals surface area contributed by atoms with Crippen molar-refractivity contribution < 1.29 is 17.6 Å². The fraction of sp³-hybridized carbons (Fsp3) is 0.125. The van der Waals surface area contributed by atoms with Crippen LogP contribution in [0.4, 0.5) is 17.6 Å². The zero-order valence-corrected chi connectivity index (χ0v) is 13.7. The average Bonchev–Trinajstić information content (AvgIpc) is 3.30. The molecule has 0 radical (unpaired) electrons. The van der Waals surface area contributed by atoms with E-state index in [1.807, 2.05) is 6.07 Å². The van der Waals surface area contributed by atoms with Gasteiger partial charge in [-0.3, -0.25) is 0 Å². The second-order valence-electron chi connectivity index (χ2n) is 5.09. The molecular formula is C16H9F4N5S. The zero-order valence-electron chi connectivity index (χ0n) is 12.9. The summed E-state index contributed by atoms with van der Waals surface area (Å²) in [6, 6.07) is 4.83. The predicted molar refractivity (Wildman–Crippen MR) is 87.2 cm³/mol. The molecule has 0 saturated carbocycles. The van der Waals surface area contributed by atoms with Crippen molar-refractivity contribution in [2.24, 2.45) is 0 Å². The topological polar surface area (TPSA) is 67.4 Å². The summed E-state index contributed by atoms with van der Waals surface area (Å²) in [5.74, 6) is -0.0153. The van der Waals surface area contributed by atoms with E-state index < -0.39 is 18.4 Å². The largest absolute Gasteiger partial charge is 0.416 e. The minimum atomic E-state index is -4.61. The van der Waals surface area contributed by atoms with Gasteiger partial charge in [0, 0.05) is 17.1 Å². The third-order valence-electron chi connectivity index (χ3n) is 3.29. The van der Waals surface area contributed by atoms with Gasteiger partial charge < -0.3 is 0 Å². The number of allylic oxidation sites excluding steroid dienone is 1. The summed E-state index contributed by atoms with van der Waals surface area (Å²) in [4.78, 5) is 7.95. The van der Waals surface area contributed by atoms with Crippen LogP contribution < -0.4 is 0 Å². The van der Waals surface area contributed by atoms with E-state index in [0.717, 1.165) is 12.1 Å². The Labute approximate surface area is 148 Å². The Morgan fingerprint density at radius 3 is 2.69 bits per heavy atom. The summed E-state index contributed by atoms with van der Waals surface area (Å²) in [6.45, 7) is -1.04. The van der Waals surface area contributed by atoms with Gasteiger partial charge in [-0.2, -0.15) is 18.4 Å². The number of hydrogen-bond acceptors (Lipinski definition) is 5. The molecule has 3 aromatic rings. The Morgan fingerprint density at radius 2 is 2.08 bits per heavy atom. The summed E-state index contributed by atoms with van der Waals surface area (Å²) in [5, 5.41) is 15.4. The van der Waals surface area contributed by atoms with Crippen molar-refractivity contribution in [3.8, 4) is 17.5 Å². The van der Waals surface area contributed by atoms with Gasteiger partial charge in [0.25, 0.3) is 0 Å². The van der Waals surface area contributed by atoms with Crippen molar-refractivity contribution >= 4 is 23.1 Å². The highest BCUT2D eigenvalue weighted by atomic mass is 32.1. The van der Waals surface area contributed by atoms with E-state index in [4.69, 9.17) is 0 Å². The quantitative estimate of drug-likeness (QED) is 0.497.